The number of unbranched alkanes of at least 4 members (excludes halogenated alkanes) is 2. The number of hydrogen-bond donors (Lipinski definition) is 2. The fraction of sp³-hybridized carbons (Fsp3) is 0.583. The summed E-state index contributed by atoms with van der Waals surface area (Å²) in [4.78, 5) is 11.4. The molecule has 16 heavy (non-hydrogen) atoms. The Kier molecular flexibility index (Phi) is 6.33. The molecule has 0 aromatic carbocycles. The van der Waals surface area contributed by atoms with Crippen LogP contribution in [0.5, 0.6) is 0 Å². The smallest absolute Gasteiger partial charge is 0.234 e. The highest BCUT2D eigenvalue weighted by molar-refractivity contribution is 5.77. The van der Waals surface area contributed by atoms with Crippen LogP contribution >= 0.6 is 0 Å². The summed E-state index contributed by atoms with van der Waals surface area (Å²) in [5.74, 6) is 0.784. The number of furan rings is 1. The van der Waals surface area contributed by atoms with E-state index in [1.807, 2.05) is 12.1 Å². The van der Waals surface area contributed by atoms with Crippen molar-refractivity contribution in [2.75, 3.05) is 13.1 Å². The summed E-state index contributed by atoms with van der Waals surface area (Å²) in [5, 5.41) is 5.89. The van der Waals surface area contributed by atoms with E-state index in [0.29, 0.717) is 13.1 Å². The van der Waals surface area contributed by atoms with E-state index in [9.17, 15) is 4.79 Å². The zero-order valence-electron chi connectivity index (χ0n) is 9.79. The highest BCUT2D eigenvalue weighted by Gasteiger charge is 2.01. The highest BCUT2D eigenvalue weighted by atomic mass is 16.3. The lowest BCUT2D eigenvalue weighted by atomic mass is 10.2. The molecular formula is C12H20N2O2. The average Bonchev–Trinajstić information content (AvgIpc) is 2.79. The van der Waals surface area contributed by atoms with E-state index in [0.717, 1.165) is 18.7 Å². The first kappa shape index (κ1) is 12.8. The Morgan fingerprint density at radius 1 is 1.44 bits per heavy atom. The van der Waals surface area contributed by atoms with Crippen molar-refractivity contribution >= 4 is 5.91 Å². The molecule has 0 saturated carbocycles. The first-order valence-electron chi connectivity index (χ1n) is 5.82. The minimum Gasteiger partial charge on any atom is -0.467 e. The van der Waals surface area contributed by atoms with Crippen molar-refractivity contribution in [3.63, 3.8) is 0 Å². The zero-order valence-corrected chi connectivity index (χ0v) is 9.79. The van der Waals surface area contributed by atoms with Crippen LogP contribution in [0.25, 0.3) is 0 Å². The van der Waals surface area contributed by atoms with Gasteiger partial charge >= 0.3 is 0 Å². The van der Waals surface area contributed by atoms with E-state index >= 15 is 0 Å². The number of amides is 1. The molecule has 0 unspecified atom stereocenters. The van der Waals surface area contributed by atoms with Gasteiger partial charge in [0, 0.05) is 0 Å². The predicted octanol–water partition coefficient (Wildman–Crippen LogP) is 1.68. The Morgan fingerprint density at radius 2 is 2.31 bits per heavy atom. The molecule has 4 nitrogen and oxygen atoms in total. The summed E-state index contributed by atoms with van der Waals surface area (Å²) < 4.78 is 5.11. The summed E-state index contributed by atoms with van der Waals surface area (Å²) in [6.45, 7) is 3.91. The van der Waals surface area contributed by atoms with Crippen LogP contribution in [0, 0.1) is 0 Å². The second-order valence-corrected chi connectivity index (χ2v) is 3.74. The largest absolute Gasteiger partial charge is 0.467 e. The molecule has 0 aliphatic heterocycles. The standard InChI is InChI=1S/C12H20N2O2/c1-2-3-4-7-13-10-12(15)14-9-11-6-5-8-16-11/h5-6,8,13H,2-4,7,9-10H2,1H3,(H,14,15). The van der Waals surface area contributed by atoms with Crippen LogP contribution in [0.1, 0.15) is 31.9 Å². The van der Waals surface area contributed by atoms with Gasteiger partial charge in [0.1, 0.15) is 5.76 Å². The zero-order chi connectivity index (χ0) is 11.6. The lowest BCUT2D eigenvalue weighted by Crippen LogP contribution is -2.33. The first-order valence-corrected chi connectivity index (χ1v) is 5.82. The number of rotatable bonds is 8. The van der Waals surface area contributed by atoms with Crippen molar-refractivity contribution in [3.8, 4) is 0 Å². The van der Waals surface area contributed by atoms with Gasteiger partial charge in [-0.3, -0.25) is 4.79 Å². The molecule has 4 heteroatoms. The normalized spacial score (nSPS) is 10.3. The minimum absolute atomic E-state index is 0.00731. The molecule has 0 aliphatic rings. The summed E-state index contributed by atoms with van der Waals surface area (Å²) in [6, 6.07) is 3.65. The first-order chi connectivity index (χ1) is 7.83. The van der Waals surface area contributed by atoms with Crippen LogP contribution in [-0.4, -0.2) is 19.0 Å². The van der Waals surface area contributed by atoms with E-state index < -0.39 is 0 Å². The van der Waals surface area contributed by atoms with Gasteiger partial charge in [-0.15, -0.1) is 0 Å². The third kappa shape index (κ3) is 5.56. The van der Waals surface area contributed by atoms with Gasteiger partial charge in [0.15, 0.2) is 0 Å². The third-order valence-corrected chi connectivity index (χ3v) is 2.28. The molecule has 0 saturated heterocycles. The topological polar surface area (TPSA) is 54.3 Å². The number of carbonyl (C=O) groups excluding carboxylic acids is 1. The molecular weight excluding hydrogens is 204 g/mol. The molecule has 2 N–H and O–H groups in total. The average molecular weight is 224 g/mol. The van der Waals surface area contributed by atoms with Crippen molar-refractivity contribution in [2.24, 2.45) is 0 Å². The summed E-state index contributed by atoms with van der Waals surface area (Å²) in [5.41, 5.74) is 0. The van der Waals surface area contributed by atoms with Crippen LogP contribution in [0.2, 0.25) is 0 Å². The Labute approximate surface area is 96.4 Å². The monoisotopic (exact) mass is 224 g/mol. The van der Waals surface area contributed by atoms with Gasteiger partial charge in [-0.05, 0) is 25.1 Å². The molecule has 0 aliphatic carbocycles. The lowest BCUT2D eigenvalue weighted by molar-refractivity contribution is -0.120. The van der Waals surface area contributed by atoms with Crippen molar-refractivity contribution in [1.29, 1.82) is 0 Å². The molecule has 0 fully saturated rings. The van der Waals surface area contributed by atoms with E-state index in [1.165, 1.54) is 12.8 Å². The minimum atomic E-state index is 0.00731. The fourth-order valence-electron chi connectivity index (χ4n) is 1.36. The Morgan fingerprint density at radius 3 is 3.00 bits per heavy atom. The maximum absolute atomic E-state index is 11.4. The summed E-state index contributed by atoms with van der Waals surface area (Å²) in [6.07, 6.45) is 5.14. The Bertz CT molecular complexity index is 283. The van der Waals surface area contributed by atoms with Crippen molar-refractivity contribution in [1.82, 2.24) is 10.6 Å². The summed E-state index contributed by atoms with van der Waals surface area (Å²) >= 11 is 0. The summed E-state index contributed by atoms with van der Waals surface area (Å²) in [7, 11) is 0. The quantitative estimate of drug-likeness (QED) is 0.660. The van der Waals surface area contributed by atoms with Crippen molar-refractivity contribution < 1.29 is 9.21 Å². The fourth-order valence-corrected chi connectivity index (χ4v) is 1.36. The second-order valence-electron chi connectivity index (χ2n) is 3.74. The molecule has 1 aromatic rings. The number of hydrogen-bond acceptors (Lipinski definition) is 3. The van der Waals surface area contributed by atoms with Gasteiger partial charge in [-0.2, -0.15) is 0 Å². The lowest BCUT2D eigenvalue weighted by Gasteiger charge is -2.04. The predicted molar refractivity (Wildman–Crippen MR) is 62.9 cm³/mol. The molecule has 1 amide bonds. The van der Waals surface area contributed by atoms with Gasteiger partial charge in [-0.1, -0.05) is 19.8 Å². The maximum atomic E-state index is 11.4. The molecule has 0 bridgehead atoms. The van der Waals surface area contributed by atoms with Crippen LogP contribution < -0.4 is 10.6 Å². The molecule has 1 rings (SSSR count). The highest BCUT2D eigenvalue weighted by Crippen LogP contribution is 1.97. The van der Waals surface area contributed by atoms with Crippen LogP contribution in [0.15, 0.2) is 22.8 Å². The van der Waals surface area contributed by atoms with Gasteiger partial charge in [-0.25, -0.2) is 0 Å². The number of carbonyl (C=O) groups is 1. The maximum Gasteiger partial charge on any atom is 0.234 e. The molecule has 1 aromatic heterocycles. The molecule has 90 valence electrons. The molecule has 0 spiro atoms. The van der Waals surface area contributed by atoms with Crippen LogP contribution in [-0.2, 0) is 11.3 Å². The third-order valence-electron chi connectivity index (χ3n) is 2.28. The van der Waals surface area contributed by atoms with Crippen LogP contribution in [0.3, 0.4) is 0 Å². The van der Waals surface area contributed by atoms with Crippen molar-refractivity contribution in [3.05, 3.63) is 24.2 Å². The van der Waals surface area contributed by atoms with Gasteiger partial charge in [0.2, 0.25) is 5.91 Å². The molecule has 0 atom stereocenters. The van der Waals surface area contributed by atoms with Crippen LogP contribution in [0.4, 0.5) is 0 Å². The van der Waals surface area contributed by atoms with Crippen molar-refractivity contribution in [2.45, 2.75) is 32.7 Å². The van der Waals surface area contributed by atoms with Gasteiger partial charge in [0.05, 0.1) is 19.4 Å². The van der Waals surface area contributed by atoms with E-state index in [-0.39, 0.29) is 5.91 Å². The molecule has 1 heterocycles. The molecule has 0 radical (unpaired) electrons. The van der Waals surface area contributed by atoms with Gasteiger partial charge in [0.25, 0.3) is 0 Å². The van der Waals surface area contributed by atoms with E-state index in [4.69, 9.17) is 4.42 Å². The van der Waals surface area contributed by atoms with Gasteiger partial charge < -0.3 is 15.1 Å². The van der Waals surface area contributed by atoms with E-state index in [2.05, 4.69) is 17.6 Å². The Balaban J connectivity index is 1.99. The Hall–Kier alpha value is -1.29. The van der Waals surface area contributed by atoms with E-state index in [1.54, 1.807) is 6.26 Å². The second kappa shape index (κ2) is 7.93. The number of nitrogens with one attached hydrogen (secondary N) is 2. The SMILES string of the molecule is CCCCCNCC(=O)NCc1ccco1.